The van der Waals surface area contributed by atoms with Crippen molar-refractivity contribution in [2.24, 2.45) is 11.8 Å². The molecule has 1 saturated heterocycles. The molecule has 2 nitrogen and oxygen atoms in total. The second-order valence-corrected chi connectivity index (χ2v) is 7.87. The molecule has 22 heavy (non-hydrogen) atoms. The van der Waals surface area contributed by atoms with Gasteiger partial charge in [0.2, 0.25) is 0 Å². The molecule has 0 bridgehead atoms. The average Bonchev–Trinajstić information content (AvgIpc) is 3.04. The van der Waals surface area contributed by atoms with Gasteiger partial charge in [0, 0.05) is 13.0 Å². The van der Waals surface area contributed by atoms with E-state index in [1.165, 1.54) is 58.0 Å². The number of hydrogen-bond acceptors (Lipinski definition) is 2. The van der Waals surface area contributed by atoms with Crippen LogP contribution in [0.25, 0.3) is 0 Å². The third kappa shape index (κ3) is 4.92. The molecular formula is C19H34FNO. The van der Waals surface area contributed by atoms with Gasteiger partial charge >= 0.3 is 0 Å². The monoisotopic (exact) mass is 311 g/mol. The number of ether oxygens (including phenoxy) is 1. The quantitative estimate of drug-likeness (QED) is 0.712. The van der Waals surface area contributed by atoms with E-state index in [9.17, 15) is 4.39 Å². The van der Waals surface area contributed by atoms with Gasteiger partial charge in [0.1, 0.15) is 6.17 Å². The Hall–Kier alpha value is -0.150. The van der Waals surface area contributed by atoms with Crippen molar-refractivity contribution < 1.29 is 9.13 Å². The lowest BCUT2D eigenvalue weighted by Crippen LogP contribution is -2.34. The molecule has 0 spiro atoms. The molecular weight excluding hydrogens is 277 g/mol. The van der Waals surface area contributed by atoms with E-state index in [4.69, 9.17) is 4.74 Å². The van der Waals surface area contributed by atoms with Crippen molar-refractivity contribution in [3.8, 4) is 0 Å². The predicted molar refractivity (Wildman–Crippen MR) is 88.8 cm³/mol. The third-order valence-corrected chi connectivity index (χ3v) is 6.18. The maximum absolute atomic E-state index is 14.5. The second-order valence-electron chi connectivity index (χ2n) is 7.87. The molecule has 0 aromatic carbocycles. The van der Waals surface area contributed by atoms with Crippen LogP contribution in [0.5, 0.6) is 0 Å². The summed E-state index contributed by atoms with van der Waals surface area (Å²) in [4.78, 5) is 2.47. The number of hydrogen-bond donors (Lipinski definition) is 0. The van der Waals surface area contributed by atoms with E-state index in [1.807, 2.05) is 0 Å². The summed E-state index contributed by atoms with van der Waals surface area (Å²) in [5.74, 6) is 1.13. The average molecular weight is 311 g/mol. The normalized spacial score (nSPS) is 35.0. The molecule has 3 rings (SSSR count). The van der Waals surface area contributed by atoms with Gasteiger partial charge in [0.15, 0.2) is 0 Å². The zero-order chi connectivity index (χ0) is 15.2. The summed E-state index contributed by atoms with van der Waals surface area (Å²) < 4.78 is 20.5. The van der Waals surface area contributed by atoms with Crippen LogP contribution in [0.15, 0.2) is 0 Å². The minimum Gasteiger partial charge on any atom is -0.377 e. The summed E-state index contributed by atoms with van der Waals surface area (Å²) in [6.45, 7) is 4.29. The molecule has 1 heterocycles. The Bertz CT molecular complexity index is 313. The van der Waals surface area contributed by atoms with Crippen LogP contribution in [0.1, 0.15) is 70.6 Å². The van der Waals surface area contributed by atoms with Gasteiger partial charge in [-0.05, 0) is 57.0 Å². The molecule has 0 N–H and O–H groups in total. The van der Waals surface area contributed by atoms with Crippen LogP contribution in [0.3, 0.4) is 0 Å². The minimum absolute atomic E-state index is 0.181. The van der Waals surface area contributed by atoms with E-state index < -0.39 is 6.17 Å². The molecule has 0 aromatic rings. The Kier molecular flexibility index (Phi) is 6.55. The first-order chi connectivity index (χ1) is 10.8. The number of halogens is 1. The lowest BCUT2D eigenvalue weighted by molar-refractivity contribution is -0.0226. The lowest BCUT2D eigenvalue weighted by Gasteiger charge is -2.35. The Morgan fingerprint density at radius 1 is 0.909 bits per heavy atom. The maximum Gasteiger partial charge on any atom is 0.105 e. The van der Waals surface area contributed by atoms with Crippen molar-refractivity contribution in [2.75, 3.05) is 26.2 Å². The number of alkyl halides is 1. The predicted octanol–water partition coefficient (Wildman–Crippen LogP) is 4.58. The first-order valence-electron chi connectivity index (χ1n) is 9.79. The van der Waals surface area contributed by atoms with Crippen molar-refractivity contribution in [1.82, 2.24) is 4.90 Å². The van der Waals surface area contributed by atoms with Crippen LogP contribution < -0.4 is 0 Å². The zero-order valence-electron chi connectivity index (χ0n) is 14.1. The van der Waals surface area contributed by atoms with Crippen LogP contribution in [0.4, 0.5) is 4.39 Å². The summed E-state index contributed by atoms with van der Waals surface area (Å²) >= 11 is 0. The Labute approximate surface area is 135 Å². The standard InChI is InChI=1S/C19H34FNO/c20-19-15-18(22-13-12-21-10-4-5-11-21)9-8-17(19)14-16-6-2-1-3-7-16/h16-19H,1-15H2. The van der Waals surface area contributed by atoms with Gasteiger partial charge in [-0.1, -0.05) is 32.1 Å². The molecule has 0 amide bonds. The molecule has 3 fully saturated rings. The molecule has 2 aliphatic carbocycles. The number of likely N-dealkylation sites (tertiary alicyclic amines) is 1. The van der Waals surface area contributed by atoms with Crippen molar-refractivity contribution in [1.29, 1.82) is 0 Å². The van der Waals surface area contributed by atoms with E-state index in [2.05, 4.69) is 4.90 Å². The van der Waals surface area contributed by atoms with E-state index in [-0.39, 0.29) is 6.10 Å². The molecule has 2 saturated carbocycles. The Morgan fingerprint density at radius 2 is 1.68 bits per heavy atom. The second kappa shape index (κ2) is 8.63. The molecule has 128 valence electrons. The molecule has 3 unspecified atom stereocenters. The zero-order valence-corrected chi connectivity index (χ0v) is 14.1. The van der Waals surface area contributed by atoms with Crippen molar-refractivity contribution >= 4 is 0 Å². The van der Waals surface area contributed by atoms with Crippen molar-refractivity contribution in [2.45, 2.75) is 82.9 Å². The fourth-order valence-electron chi connectivity index (χ4n) is 4.76. The van der Waals surface area contributed by atoms with Gasteiger partial charge in [-0.2, -0.15) is 0 Å². The van der Waals surface area contributed by atoms with Crippen LogP contribution >= 0.6 is 0 Å². The largest absolute Gasteiger partial charge is 0.377 e. The van der Waals surface area contributed by atoms with Crippen LogP contribution in [-0.2, 0) is 4.74 Å². The molecule has 3 atom stereocenters. The SMILES string of the molecule is FC1CC(OCCN2CCCC2)CCC1CC1CCCCC1. The highest BCUT2D eigenvalue weighted by molar-refractivity contribution is 4.83. The number of nitrogens with zero attached hydrogens (tertiary/aromatic N) is 1. The van der Waals surface area contributed by atoms with Crippen LogP contribution in [0.2, 0.25) is 0 Å². The molecule has 3 aliphatic rings. The fourth-order valence-corrected chi connectivity index (χ4v) is 4.76. The molecule has 0 radical (unpaired) electrons. The van der Waals surface area contributed by atoms with Gasteiger partial charge in [-0.3, -0.25) is 0 Å². The van der Waals surface area contributed by atoms with Gasteiger partial charge in [0.25, 0.3) is 0 Å². The van der Waals surface area contributed by atoms with Gasteiger partial charge in [-0.25, -0.2) is 4.39 Å². The summed E-state index contributed by atoms with van der Waals surface area (Å²) in [6.07, 6.45) is 13.0. The topological polar surface area (TPSA) is 12.5 Å². The maximum atomic E-state index is 14.5. The van der Waals surface area contributed by atoms with Gasteiger partial charge in [-0.15, -0.1) is 0 Å². The lowest BCUT2D eigenvalue weighted by atomic mass is 9.76. The smallest absolute Gasteiger partial charge is 0.105 e. The van der Waals surface area contributed by atoms with E-state index >= 15 is 0 Å². The summed E-state index contributed by atoms with van der Waals surface area (Å²) in [7, 11) is 0. The molecule has 1 aliphatic heterocycles. The van der Waals surface area contributed by atoms with E-state index in [0.29, 0.717) is 12.3 Å². The van der Waals surface area contributed by atoms with E-state index in [0.717, 1.165) is 38.3 Å². The van der Waals surface area contributed by atoms with Crippen molar-refractivity contribution in [3.63, 3.8) is 0 Å². The van der Waals surface area contributed by atoms with Gasteiger partial charge in [0.05, 0.1) is 12.7 Å². The highest BCUT2D eigenvalue weighted by atomic mass is 19.1. The van der Waals surface area contributed by atoms with Crippen LogP contribution in [0, 0.1) is 11.8 Å². The fraction of sp³-hybridized carbons (Fsp3) is 1.00. The highest BCUT2D eigenvalue weighted by Crippen LogP contribution is 2.37. The number of rotatable bonds is 6. The van der Waals surface area contributed by atoms with Gasteiger partial charge < -0.3 is 9.64 Å². The Morgan fingerprint density at radius 3 is 2.41 bits per heavy atom. The van der Waals surface area contributed by atoms with Crippen LogP contribution in [-0.4, -0.2) is 43.4 Å². The summed E-state index contributed by atoms with van der Waals surface area (Å²) in [5.41, 5.74) is 0. The molecule has 0 aromatic heterocycles. The van der Waals surface area contributed by atoms with E-state index in [1.54, 1.807) is 0 Å². The minimum atomic E-state index is -0.618. The Balaban J connectivity index is 1.32. The first-order valence-corrected chi connectivity index (χ1v) is 9.79. The highest BCUT2D eigenvalue weighted by Gasteiger charge is 2.32. The first kappa shape index (κ1) is 16.7. The third-order valence-electron chi connectivity index (χ3n) is 6.18. The summed E-state index contributed by atoms with van der Waals surface area (Å²) in [5, 5.41) is 0. The summed E-state index contributed by atoms with van der Waals surface area (Å²) in [6, 6.07) is 0. The molecule has 3 heteroatoms. The van der Waals surface area contributed by atoms with Crippen molar-refractivity contribution in [3.05, 3.63) is 0 Å².